The van der Waals surface area contributed by atoms with Gasteiger partial charge in [-0.25, -0.2) is 0 Å². The van der Waals surface area contributed by atoms with Gasteiger partial charge in [0.05, 0.1) is 12.3 Å². The number of hydrogen-bond acceptors (Lipinski definition) is 6. The Morgan fingerprint density at radius 2 is 1.69 bits per heavy atom. The monoisotopic (exact) mass is 224 g/mol. The van der Waals surface area contributed by atoms with E-state index >= 15 is 0 Å². The zero-order chi connectivity index (χ0) is 11.5. The van der Waals surface area contributed by atoms with Gasteiger partial charge in [-0.2, -0.15) is 0 Å². The molecule has 6 heteroatoms. The van der Waals surface area contributed by atoms with E-state index in [0.29, 0.717) is 12.8 Å². The van der Waals surface area contributed by atoms with E-state index in [0.717, 1.165) is 0 Å². The first kappa shape index (κ1) is 9.50. The minimum absolute atomic E-state index is 0.0664. The quantitative estimate of drug-likeness (QED) is 0.409. The Morgan fingerprint density at radius 3 is 2.31 bits per heavy atom. The van der Waals surface area contributed by atoms with E-state index in [1.807, 2.05) is 0 Å². The molecule has 1 saturated carbocycles. The van der Waals surface area contributed by atoms with Crippen molar-refractivity contribution in [3.05, 3.63) is 0 Å². The Balaban J connectivity index is 2.12. The van der Waals surface area contributed by atoms with Gasteiger partial charge in [-0.05, 0) is 18.8 Å². The van der Waals surface area contributed by atoms with Crippen LogP contribution in [-0.2, 0) is 28.7 Å². The van der Waals surface area contributed by atoms with Gasteiger partial charge in [0.25, 0.3) is 0 Å². The van der Waals surface area contributed by atoms with E-state index in [1.54, 1.807) is 0 Å². The van der Waals surface area contributed by atoms with Crippen molar-refractivity contribution in [2.24, 2.45) is 17.3 Å². The molecule has 0 radical (unpaired) electrons. The largest absolute Gasteiger partial charge is 0.393 e. The van der Waals surface area contributed by atoms with E-state index in [4.69, 9.17) is 0 Å². The number of rotatable bonds is 0. The van der Waals surface area contributed by atoms with Crippen molar-refractivity contribution in [1.82, 2.24) is 0 Å². The van der Waals surface area contributed by atoms with Gasteiger partial charge in [-0.1, -0.05) is 0 Å². The van der Waals surface area contributed by atoms with Crippen LogP contribution >= 0.6 is 0 Å². The lowest BCUT2D eigenvalue weighted by Gasteiger charge is -2.38. The highest BCUT2D eigenvalue weighted by Crippen LogP contribution is 2.57. The van der Waals surface area contributed by atoms with Gasteiger partial charge in [-0.3, -0.25) is 19.2 Å². The van der Waals surface area contributed by atoms with Crippen LogP contribution in [0.3, 0.4) is 0 Å². The minimum atomic E-state index is -1.41. The molecule has 2 saturated heterocycles. The molecule has 6 nitrogen and oxygen atoms in total. The number of carbonyl (C=O) groups is 4. The van der Waals surface area contributed by atoms with Gasteiger partial charge in [-0.15, -0.1) is 0 Å². The highest BCUT2D eigenvalue weighted by Gasteiger charge is 2.73. The predicted molar refractivity (Wildman–Crippen MR) is 45.5 cm³/mol. The number of esters is 4. The molecule has 2 atom stereocenters. The summed E-state index contributed by atoms with van der Waals surface area (Å²) in [6.07, 6.45) is 0.840. The molecule has 16 heavy (non-hydrogen) atoms. The van der Waals surface area contributed by atoms with E-state index in [-0.39, 0.29) is 6.42 Å². The fourth-order valence-electron chi connectivity index (χ4n) is 3.01. The van der Waals surface area contributed by atoms with Gasteiger partial charge in [0.2, 0.25) is 0 Å². The molecule has 2 bridgehead atoms. The van der Waals surface area contributed by atoms with Crippen molar-refractivity contribution in [1.29, 1.82) is 0 Å². The summed E-state index contributed by atoms with van der Waals surface area (Å²) < 4.78 is 8.89. The van der Waals surface area contributed by atoms with Gasteiger partial charge >= 0.3 is 23.9 Å². The van der Waals surface area contributed by atoms with Crippen LogP contribution in [-0.4, -0.2) is 23.9 Å². The lowest BCUT2D eigenvalue weighted by molar-refractivity contribution is -0.206. The van der Waals surface area contributed by atoms with Crippen LogP contribution in [0.25, 0.3) is 0 Å². The molecule has 3 fully saturated rings. The predicted octanol–water partition coefficient (Wildman–Crippen LogP) is -0.444. The minimum Gasteiger partial charge on any atom is -0.393 e. The molecule has 0 aromatic carbocycles. The normalized spacial score (nSPS) is 35.5. The third-order valence-electron chi connectivity index (χ3n) is 3.77. The number of hydrogen-bond donors (Lipinski definition) is 0. The molecule has 0 N–H and O–H groups in total. The van der Waals surface area contributed by atoms with Crippen LogP contribution in [0.5, 0.6) is 0 Å². The second-order valence-electron chi connectivity index (χ2n) is 4.37. The molecule has 3 rings (SSSR count). The average Bonchev–Trinajstić information content (AvgIpc) is 2.54. The molecule has 1 aliphatic carbocycles. The molecule has 2 aliphatic heterocycles. The Morgan fingerprint density at radius 1 is 1.00 bits per heavy atom. The van der Waals surface area contributed by atoms with Gasteiger partial charge in [0.1, 0.15) is 0 Å². The first-order valence-corrected chi connectivity index (χ1v) is 5.08. The summed E-state index contributed by atoms with van der Waals surface area (Å²) in [4.78, 5) is 45.8. The maximum Gasteiger partial charge on any atom is 0.332 e. The van der Waals surface area contributed by atoms with Gasteiger partial charge in [0, 0.05) is 0 Å². The van der Waals surface area contributed by atoms with E-state index in [1.165, 1.54) is 0 Å². The van der Waals surface area contributed by atoms with E-state index < -0.39 is 41.1 Å². The molecule has 3 aliphatic rings. The SMILES string of the molecule is O=C1CC2CCC(C(=O)O1)C21C(=O)OC1=O. The molecule has 0 amide bonds. The summed E-state index contributed by atoms with van der Waals surface area (Å²) in [6, 6.07) is 0. The summed E-state index contributed by atoms with van der Waals surface area (Å²) in [5.41, 5.74) is -1.41. The molecule has 2 unspecified atom stereocenters. The van der Waals surface area contributed by atoms with Crippen molar-refractivity contribution in [2.45, 2.75) is 19.3 Å². The van der Waals surface area contributed by atoms with Crippen molar-refractivity contribution >= 4 is 23.9 Å². The molecule has 0 aromatic rings. The zero-order valence-electron chi connectivity index (χ0n) is 8.23. The Labute approximate surface area is 89.9 Å². The second-order valence-corrected chi connectivity index (χ2v) is 4.37. The number of ether oxygens (including phenoxy) is 2. The van der Waals surface area contributed by atoms with Crippen LogP contribution in [0.2, 0.25) is 0 Å². The second kappa shape index (κ2) is 2.69. The molecular weight excluding hydrogens is 216 g/mol. The lowest BCUT2D eigenvalue weighted by atomic mass is 9.68. The summed E-state index contributed by atoms with van der Waals surface area (Å²) in [7, 11) is 0. The molecule has 84 valence electrons. The van der Waals surface area contributed by atoms with Crippen LogP contribution in [0.4, 0.5) is 0 Å². The molecule has 0 aromatic heterocycles. The van der Waals surface area contributed by atoms with Gasteiger partial charge in [0.15, 0.2) is 5.41 Å². The highest BCUT2D eigenvalue weighted by molar-refractivity contribution is 6.18. The third kappa shape index (κ3) is 0.834. The standard InChI is InChI=1S/C10H8O6/c11-6-3-4-1-2-5(7(12)15-6)10(4)8(13)16-9(10)14/h4-5H,1-3H2. The maximum absolute atomic E-state index is 11.6. The third-order valence-corrected chi connectivity index (χ3v) is 3.77. The molecular formula is C10H8O6. The first-order chi connectivity index (χ1) is 7.56. The zero-order valence-corrected chi connectivity index (χ0v) is 8.23. The summed E-state index contributed by atoms with van der Waals surface area (Å²) in [5.74, 6) is -4.07. The van der Waals surface area contributed by atoms with Crippen LogP contribution in [0.15, 0.2) is 0 Å². The first-order valence-electron chi connectivity index (χ1n) is 5.08. The fraction of sp³-hybridized carbons (Fsp3) is 0.600. The lowest BCUT2D eigenvalue weighted by Crippen LogP contribution is -2.60. The number of carbonyl (C=O) groups excluding carboxylic acids is 4. The van der Waals surface area contributed by atoms with Crippen LogP contribution in [0, 0.1) is 17.3 Å². The summed E-state index contributed by atoms with van der Waals surface area (Å²) >= 11 is 0. The fourth-order valence-corrected chi connectivity index (χ4v) is 3.01. The molecule has 2 heterocycles. The van der Waals surface area contributed by atoms with Crippen molar-refractivity contribution in [3.63, 3.8) is 0 Å². The van der Waals surface area contributed by atoms with Crippen LogP contribution in [0.1, 0.15) is 19.3 Å². The average molecular weight is 224 g/mol. The summed E-state index contributed by atoms with van der Waals surface area (Å²) in [5, 5.41) is 0. The van der Waals surface area contributed by atoms with Crippen LogP contribution < -0.4 is 0 Å². The smallest absolute Gasteiger partial charge is 0.332 e. The Hall–Kier alpha value is -1.72. The Bertz CT molecular complexity index is 423. The van der Waals surface area contributed by atoms with Crippen molar-refractivity contribution < 1.29 is 28.7 Å². The van der Waals surface area contributed by atoms with Gasteiger partial charge < -0.3 is 9.47 Å². The maximum atomic E-state index is 11.6. The van der Waals surface area contributed by atoms with E-state index in [9.17, 15) is 19.2 Å². The van der Waals surface area contributed by atoms with Crippen molar-refractivity contribution in [2.75, 3.05) is 0 Å². The summed E-state index contributed by atoms with van der Waals surface area (Å²) in [6.45, 7) is 0. The highest BCUT2D eigenvalue weighted by atomic mass is 16.6. The van der Waals surface area contributed by atoms with Crippen molar-refractivity contribution in [3.8, 4) is 0 Å². The number of cyclic esters (lactones) is 4. The Kier molecular flexibility index (Phi) is 1.60. The topological polar surface area (TPSA) is 86.7 Å². The van der Waals surface area contributed by atoms with E-state index in [2.05, 4.69) is 9.47 Å². The molecule has 1 spiro atoms.